The molecule has 1 unspecified atom stereocenters. The summed E-state index contributed by atoms with van der Waals surface area (Å²) in [4.78, 5) is 11.6. The molecule has 0 aromatic carbocycles. The fourth-order valence-corrected chi connectivity index (χ4v) is 1.56. The number of hydrogen-bond acceptors (Lipinski definition) is 4. The Balaban J connectivity index is 2.29. The van der Waals surface area contributed by atoms with Crippen molar-refractivity contribution in [3.63, 3.8) is 0 Å². The van der Waals surface area contributed by atoms with Crippen molar-refractivity contribution >= 4 is 11.7 Å². The molecule has 96 valence electrons. The summed E-state index contributed by atoms with van der Waals surface area (Å²) in [6, 6.07) is 1.65. The Morgan fingerprint density at radius 1 is 1.71 bits per heavy atom. The first-order valence-electron chi connectivity index (χ1n) is 5.82. The van der Waals surface area contributed by atoms with Gasteiger partial charge in [0.1, 0.15) is 12.4 Å². The fourth-order valence-electron chi connectivity index (χ4n) is 1.56. The van der Waals surface area contributed by atoms with Crippen LogP contribution in [0, 0.1) is 5.92 Å². The molecule has 1 aromatic rings. The number of carbonyl (C=O) groups is 1. The summed E-state index contributed by atoms with van der Waals surface area (Å²) in [5.74, 6) is 0.639. The Morgan fingerprint density at radius 2 is 2.47 bits per heavy atom. The van der Waals surface area contributed by atoms with Crippen molar-refractivity contribution in [1.82, 2.24) is 15.1 Å². The highest BCUT2D eigenvalue weighted by molar-refractivity contribution is 5.75. The highest BCUT2D eigenvalue weighted by atomic mass is 16.3. The van der Waals surface area contributed by atoms with Gasteiger partial charge in [0, 0.05) is 19.3 Å². The molecular formula is C11H20N4O2. The van der Waals surface area contributed by atoms with Gasteiger partial charge in [0.25, 0.3) is 0 Å². The van der Waals surface area contributed by atoms with Gasteiger partial charge in [-0.05, 0) is 18.4 Å². The first-order valence-corrected chi connectivity index (χ1v) is 5.82. The lowest BCUT2D eigenvalue weighted by Crippen LogP contribution is -2.32. The number of aliphatic hydroxyl groups is 1. The number of nitrogens with two attached hydrogens (primary N) is 1. The van der Waals surface area contributed by atoms with Crippen LogP contribution in [0.4, 0.5) is 5.82 Å². The first-order chi connectivity index (χ1) is 8.15. The molecule has 1 rings (SSSR count). The Morgan fingerprint density at radius 3 is 3.00 bits per heavy atom. The van der Waals surface area contributed by atoms with Crippen LogP contribution in [0.1, 0.15) is 19.8 Å². The lowest BCUT2D eigenvalue weighted by Gasteiger charge is -2.14. The van der Waals surface area contributed by atoms with Crippen LogP contribution in [0.3, 0.4) is 0 Å². The molecule has 1 heterocycles. The number of nitrogen functional groups attached to an aromatic ring is 1. The maximum absolute atomic E-state index is 11.6. The van der Waals surface area contributed by atoms with Crippen molar-refractivity contribution in [1.29, 1.82) is 0 Å². The van der Waals surface area contributed by atoms with Crippen molar-refractivity contribution in [2.75, 3.05) is 18.9 Å². The molecule has 0 aliphatic carbocycles. The number of amides is 1. The van der Waals surface area contributed by atoms with Crippen molar-refractivity contribution in [2.45, 2.75) is 26.3 Å². The maximum atomic E-state index is 11.6. The number of aromatic nitrogens is 2. The fraction of sp³-hybridized carbons (Fsp3) is 0.636. The number of carbonyl (C=O) groups excluding carboxylic acids is 1. The molecule has 0 radical (unpaired) electrons. The topological polar surface area (TPSA) is 93.2 Å². The van der Waals surface area contributed by atoms with Gasteiger partial charge in [-0.15, -0.1) is 0 Å². The summed E-state index contributed by atoms with van der Waals surface area (Å²) in [5, 5.41) is 15.6. The zero-order valence-corrected chi connectivity index (χ0v) is 10.1. The van der Waals surface area contributed by atoms with E-state index >= 15 is 0 Å². The second-order valence-electron chi connectivity index (χ2n) is 4.03. The molecule has 6 nitrogen and oxygen atoms in total. The van der Waals surface area contributed by atoms with E-state index in [0.717, 1.165) is 6.42 Å². The number of anilines is 1. The zero-order valence-electron chi connectivity index (χ0n) is 10.1. The highest BCUT2D eigenvalue weighted by Gasteiger charge is 2.08. The Kier molecular flexibility index (Phi) is 5.48. The predicted octanol–water partition coefficient (Wildman–Crippen LogP) is -0.00990. The summed E-state index contributed by atoms with van der Waals surface area (Å²) >= 11 is 0. The van der Waals surface area contributed by atoms with E-state index in [2.05, 4.69) is 10.4 Å². The van der Waals surface area contributed by atoms with Crippen molar-refractivity contribution in [3.05, 3.63) is 12.3 Å². The third-order valence-electron chi connectivity index (χ3n) is 2.67. The van der Waals surface area contributed by atoms with Gasteiger partial charge in [0.15, 0.2) is 0 Å². The van der Waals surface area contributed by atoms with Gasteiger partial charge in [-0.2, -0.15) is 5.10 Å². The monoisotopic (exact) mass is 240 g/mol. The zero-order chi connectivity index (χ0) is 12.7. The molecule has 1 amide bonds. The Labute approximate surface area is 101 Å². The van der Waals surface area contributed by atoms with E-state index < -0.39 is 0 Å². The van der Waals surface area contributed by atoms with Crippen LogP contribution in [-0.4, -0.2) is 33.9 Å². The third-order valence-corrected chi connectivity index (χ3v) is 2.67. The van der Waals surface area contributed by atoms with E-state index in [0.29, 0.717) is 24.7 Å². The molecule has 4 N–H and O–H groups in total. The Bertz CT molecular complexity index is 351. The lowest BCUT2D eigenvalue weighted by molar-refractivity contribution is -0.122. The minimum Gasteiger partial charge on any atom is -0.396 e. The van der Waals surface area contributed by atoms with Gasteiger partial charge < -0.3 is 16.2 Å². The molecular weight excluding hydrogens is 220 g/mol. The van der Waals surface area contributed by atoms with Gasteiger partial charge in [-0.1, -0.05) is 13.3 Å². The second-order valence-corrected chi connectivity index (χ2v) is 4.03. The van der Waals surface area contributed by atoms with E-state index in [1.807, 2.05) is 6.92 Å². The van der Waals surface area contributed by atoms with Gasteiger partial charge in [0.05, 0.1) is 0 Å². The average Bonchev–Trinajstić information content (AvgIpc) is 2.70. The first kappa shape index (κ1) is 13.5. The van der Waals surface area contributed by atoms with Crippen molar-refractivity contribution in [2.24, 2.45) is 5.92 Å². The van der Waals surface area contributed by atoms with Gasteiger partial charge in [0.2, 0.25) is 5.91 Å². The molecule has 0 aliphatic heterocycles. The normalized spacial score (nSPS) is 12.4. The molecule has 0 bridgehead atoms. The van der Waals surface area contributed by atoms with Crippen LogP contribution >= 0.6 is 0 Å². The summed E-state index contributed by atoms with van der Waals surface area (Å²) in [5.41, 5.74) is 5.45. The quantitative estimate of drug-likeness (QED) is 0.625. The van der Waals surface area contributed by atoms with Crippen LogP contribution in [-0.2, 0) is 11.3 Å². The molecule has 0 fully saturated rings. The molecule has 0 saturated heterocycles. The van der Waals surface area contributed by atoms with Crippen molar-refractivity contribution in [3.8, 4) is 0 Å². The minimum atomic E-state index is -0.0931. The smallest absolute Gasteiger partial charge is 0.241 e. The molecule has 17 heavy (non-hydrogen) atoms. The van der Waals surface area contributed by atoms with E-state index in [1.165, 1.54) is 4.68 Å². The van der Waals surface area contributed by atoms with Crippen LogP contribution in [0.25, 0.3) is 0 Å². The molecule has 0 saturated carbocycles. The van der Waals surface area contributed by atoms with E-state index in [9.17, 15) is 4.79 Å². The number of nitrogens with zero attached hydrogens (tertiary/aromatic N) is 2. The van der Waals surface area contributed by atoms with Gasteiger partial charge in [-0.3, -0.25) is 9.48 Å². The van der Waals surface area contributed by atoms with Crippen LogP contribution in [0.15, 0.2) is 12.3 Å². The Hall–Kier alpha value is -1.56. The SMILES string of the molecule is CCC(CCO)CNC(=O)Cn1ccc(N)n1. The highest BCUT2D eigenvalue weighted by Crippen LogP contribution is 2.05. The van der Waals surface area contributed by atoms with Crippen molar-refractivity contribution < 1.29 is 9.90 Å². The second kappa shape index (κ2) is 6.90. The lowest BCUT2D eigenvalue weighted by atomic mass is 10.0. The largest absolute Gasteiger partial charge is 0.396 e. The predicted molar refractivity (Wildman–Crippen MR) is 65.1 cm³/mol. The summed E-state index contributed by atoms with van der Waals surface area (Å²) in [6.45, 7) is 2.96. The minimum absolute atomic E-state index is 0.0931. The van der Waals surface area contributed by atoms with Crippen LogP contribution in [0.2, 0.25) is 0 Å². The third kappa shape index (κ3) is 4.86. The van der Waals surface area contributed by atoms with Gasteiger partial charge >= 0.3 is 0 Å². The number of nitrogens with one attached hydrogen (secondary N) is 1. The van der Waals surface area contributed by atoms with E-state index in [1.54, 1.807) is 12.3 Å². The standard InChI is InChI=1S/C11H20N4O2/c1-2-9(4-6-16)7-13-11(17)8-15-5-3-10(12)14-15/h3,5,9,16H,2,4,6-8H2,1H3,(H2,12,14)(H,13,17). The molecule has 1 aromatic heterocycles. The summed E-state index contributed by atoms with van der Waals surface area (Å²) in [6.07, 6.45) is 3.32. The number of rotatable bonds is 7. The molecule has 0 aliphatic rings. The number of hydrogen-bond donors (Lipinski definition) is 3. The summed E-state index contributed by atoms with van der Waals surface area (Å²) < 4.78 is 1.50. The average molecular weight is 240 g/mol. The summed E-state index contributed by atoms with van der Waals surface area (Å²) in [7, 11) is 0. The van der Waals surface area contributed by atoms with E-state index in [4.69, 9.17) is 10.8 Å². The van der Waals surface area contributed by atoms with E-state index in [-0.39, 0.29) is 19.1 Å². The molecule has 6 heteroatoms. The van der Waals surface area contributed by atoms with Crippen LogP contribution < -0.4 is 11.1 Å². The maximum Gasteiger partial charge on any atom is 0.241 e. The van der Waals surface area contributed by atoms with Gasteiger partial charge in [-0.25, -0.2) is 0 Å². The van der Waals surface area contributed by atoms with Crippen LogP contribution in [0.5, 0.6) is 0 Å². The molecule has 0 spiro atoms. The molecule has 1 atom stereocenters. The number of aliphatic hydroxyl groups excluding tert-OH is 1.